The van der Waals surface area contributed by atoms with Gasteiger partial charge in [-0.05, 0) is 59.6 Å². The van der Waals surface area contributed by atoms with Crippen LogP contribution in [0.3, 0.4) is 0 Å². The summed E-state index contributed by atoms with van der Waals surface area (Å²) in [6, 6.07) is 16.6. The minimum Gasteiger partial charge on any atom is -0.324 e. The number of nitroso groups, excluding NO2 is 1. The Hall–Kier alpha value is -2.41. The molecule has 136 valence electrons. The standard InChI is InChI=1S/C19H12Cl2FN3OS/c20-15-9-18(23-11-12-8-13(22)6-7-17(12)24-26)19(10-16(15)21)25-27-14-4-2-1-3-5-14/h1-11,25H. The van der Waals surface area contributed by atoms with Crippen LogP contribution in [0, 0.1) is 10.7 Å². The van der Waals surface area contributed by atoms with Crippen LogP contribution >= 0.6 is 35.1 Å². The predicted molar refractivity (Wildman–Crippen MR) is 111 cm³/mol. The van der Waals surface area contributed by atoms with E-state index in [1.807, 2.05) is 30.3 Å². The van der Waals surface area contributed by atoms with Crippen LogP contribution in [0.25, 0.3) is 0 Å². The van der Waals surface area contributed by atoms with E-state index in [1.54, 1.807) is 12.1 Å². The first-order chi connectivity index (χ1) is 13.1. The molecule has 0 aliphatic heterocycles. The van der Waals surface area contributed by atoms with Gasteiger partial charge in [-0.15, -0.1) is 4.91 Å². The second kappa shape index (κ2) is 8.99. The van der Waals surface area contributed by atoms with Crippen molar-refractivity contribution in [1.29, 1.82) is 0 Å². The smallest absolute Gasteiger partial charge is 0.124 e. The normalized spacial score (nSPS) is 10.9. The molecule has 0 fully saturated rings. The van der Waals surface area contributed by atoms with Gasteiger partial charge in [0.25, 0.3) is 0 Å². The summed E-state index contributed by atoms with van der Waals surface area (Å²) in [6.45, 7) is 0. The Kier molecular flexibility index (Phi) is 6.45. The SMILES string of the molecule is O=Nc1ccc(F)cc1C=Nc1cc(Cl)c(Cl)cc1NSc1ccccc1. The van der Waals surface area contributed by atoms with Crippen LogP contribution in [0.1, 0.15) is 5.56 Å². The van der Waals surface area contributed by atoms with Crippen LogP contribution < -0.4 is 4.72 Å². The number of benzene rings is 3. The Morgan fingerprint density at radius 2 is 1.70 bits per heavy atom. The van der Waals surface area contributed by atoms with Crippen molar-refractivity contribution in [3.8, 4) is 0 Å². The predicted octanol–water partition coefficient (Wildman–Crippen LogP) is 7.40. The molecular weight excluding hydrogens is 408 g/mol. The van der Waals surface area contributed by atoms with Crippen molar-refractivity contribution in [2.45, 2.75) is 4.90 Å². The Labute approximate surface area is 169 Å². The van der Waals surface area contributed by atoms with Crippen molar-refractivity contribution < 1.29 is 4.39 Å². The maximum atomic E-state index is 13.5. The van der Waals surface area contributed by atoms with E-state index in [9.17, 15) is 9.30 Å². The van der Waals surface area contributed by atoms with Gasteiger partial charge >= 0.3 is 0 Å². The molecule has 0 heterocycles. The van der Waals surface area contributed by atoms with E-state index >= 15 is 0 Å². The third-order valence-electron chi connectivity index (χ3n) is 3.49. The summed E-state index contributed by atoms with van der Waals surface area (Å²) in [5.41, 5.74) is 1.45. The number of hydrogen-bond acceptors (Lipinski definition) is 5. The Balaban J connectivity index is 1.91. The van der Waals surface area contributed by atoms with Gasteiger partial charge < -0.3 is 4.72 Å². The molecule has 4 nitrogen and oxygen atoms in total. The first-order valence-corrected chi connectivity index (χ1v) is 9.28. The van der Waals surface area contributed by atoms with Crippen LogP contribution in [0.4, 0.5) is 21.5 Å². The number of hydrogen-bond donors (Lipinski definition) is 1. The molecule has 0 spiro atoms. The van der Waals surface area contributed by atoms with E-state index in [-0.39, 0.29) is 11.3 Å². The van der Waals surface area contributed by atoms with Crippen molar-refractivity contribution in [2.24, 2.45) is 10.2 Å². The fraction of sp³-hybridized carbons (Fsp3) is 0. The number of nitrogens with one attached hydrogen (secondary N) is 1. The zero-order valence-electron chi connectivity index (χ0n) is 13.7. The van der Waals surface area contributed by atoms with Crippen LogP contribution in [0.5, 0.6) is 0 Å². The highest BCUT2D eigenvalue weighted by Gasteiger charge is 2.09. The minimum absolute atomic E-state index is 0.0911. The molecule has 0 aliphatic carbocycles. The number of halogens is 3. The first kappa shape index (κ1) is 19.4. The minimum atomic E-state index is -0.490. The van der Waals surface area contributed by atoms with E-state index < -0.39 is 5.82 Å². The van der Waals surface area contributed by atoms with E-state index in [0.717, 1.165) is 11.0 Å². The lowest BCUT2D eigenvalue weighted by atomic mass is 10.2. The fourth-order valence-electron chi connectivity index (χ4n) is 2.18. The highest BCUT2D eigenvalue weighted by Crippen LogP contribution is 2.37. The third kappa shape index (κ3) is 5.07. The molecule has 0 unspecified atom stereocenters. The monoisotopic (exact) mass is 419 g/mol. The molecule has 27 heavy (non-hydrogen) atoms. The molecule has 3 aromatic rings. The summed E-state index contributed by atoms with van der Waals surface area (Å²) < 4.78 is 16.6. The lowest BCUT2D eigenvalue weighted by molar-refractivity contribution is 0.627. The number of anilines is 1. The molecule has 8 heteroatoms. The number of nitrogens with zero attached hydrogens (tertiary/aromatic N) is 2. The Morgan fingerprint density at radius 1 is 0.963 bits per heavy atom. The van der Waals surface area contributed by atoms with Gasteiger partial charge in [0.1, 0.15) is 11.5 Å². The second-order valence-corrected chi connectivity index (χ2v) is 7.05. The molecule has 0 saturated heterocycles. The molecule has 0 bridgehead atoms. The molecule has 3 aromatic carbocycles. The summed E-state index contributed by atoms with van der Waals surface area (Å²) in [4.78, 5) is 16.2. The van der Waals surface area contributed by atoms with Gasteiger partial charge in [0.15, 0.2) is 0 Å². The Bertz CT molecular complexity index is 1000. The van der Waals surface area contributed by atoms with Gasteiger partial charge in [-0.25, -0.2) is 4.39 Å². The zero-order chi connectivity index (χ0) is 19.2. The fourth-order valence-corrected chi connectivity index (χ4v) is 3.18. The van der Waals surface area contributed by atoms with Crippen molar-refractivity contribution in [3.63, 3.8) is 0 Å². The van der Waals surface area contributed by atoms with Gasteiger partial charge in [-0.1, -0.05) is 41.4 Å². The summed E-state index contributed by atoms with van der Waals surface area (Å²) in [5.74, 6) is -0.490. The molecule has 0 amide bonds. The first-order valence-electron chi connectivity index (χ1n) is 7.71. The molecular formula is C19H12Cl2FN3OS. The van der Waals surface area contributed by atoms with Crippen molar-refractivity contribution in [1.82, 2.24) is 0 Å². The molecule has 0 aliphatic rings. The van der Waals surface area contributed by atoms with Crippen molar-refractivity contribution in [2.75, 3.05) is 4.72 Å². The maximum absolute atomic E-state index is 13.5. The van der Waals surface area contributed by atoms with E-state index in [4.69, 9.17) is 23.2 Å². The third-order valence-corrected chi connectivity index (χ3v) is 5.04. The van der Waals surface area contributed by atoms with Crippen LogP contribution in [0.2, 0.25) is 10.0 Å². The zero-order valence-corrected chi connectivity index (χ0v) is 16.0. The summed E-state index contributed by atoms with van der Waals surface area (Å²) in [6.07, 6.45) is 1.36. The maximum Gasteiger partial charge on any atom is 0.124 e. The van der Waals surface area contributed by atoms with E-state index in [0.29, 0.717) is 21.4 Å². The average Bonchev–Trinajstić information content (AvgIpc) is 2.68. The van der Waals surface area contributed by atoms with Crippen LogP contribution in [0.15, 0.2) is 75.7 Å². The molecule has 0 radical (unpaired) electrons. The van der Waals surface area contributed by atoms with Gasteiger partial charge in [0, 0.05) is 16.7 Å². The highest BCUT2D eigenvalue weighted by atomic mass is 35.5. The summed E-state index contributed by atoms with van der Waals surface area (Å²) in [5, 5.41) is 3.57. The molecule has 0 aromatic heterocycles. The van der Waals surface area contributed by atoms with Gasteiger partial charge in [-0.3, -0.25) is 4.99 Å². The molecule has 1 N–H and O–H groups in total. The summed E-state index contributed by atoms with van der Waals surface area (Å²) >= 11 is 13.6. The van der Waals surface area contributed by atoms with Crippen LogP contribution in [-0.2, 0) is 0 Å². The largest absolute Gasteiger partial charge is 0.324 e. The van der Waals surface area contributed by atoms with Crippen molar-refractivity contribution in [3.05, 3.63) is 87.0 Å². The van der Waals surface area contributed by atoms with Gasteiger partial charge in [-0.2, -0.15) is 0 Å². The molecule has 3 rings (SSSR count). The molecule has 0 saturated carbocycles. The van der Waals surface area contributed by atoms with E-state index in [1.165, 1.54) is 30.3 Å². The Morgan fingerprint density at radius 3 is 2.44 bits per heavy atom. The average molecular weight is 420 g/mol. The quantitative estimate of drug-likeness (QED) is 0.257. The van der Waals surface area contributed by atoms with E-state index in [2.05, 4.69) is 14.9 Å². The van der Waals surface area contributed by atoms with Gasteiger partial charge in [0.05, 0.1) is 21.4 Å². The molecule has 0 atom stereocenters. The van der Waals surface area contributed by atoms with Gasteiger partial charge in [0.2, 0.25) is 0 Å². The number of aliphatic imine (C=N–C) groups is 1. The van der Waals surface area contributed by atoms with Crippen LogP contribution in [-0.4, -0.2) is 6.21 Å². The van der Waals surface area contributed by atoms with Crippen molar-refractivity contribution >= 4 is 58.4 Å². The number of rotatable bonds is 6. The summed E-state index contributed by atoms with van der Waals surface area (Å²) in [7, 11) is 0. The second-order valence-electron chi connectivity index (χ2n) is 5.35. The lowest BCUT2D eigenvalue weighted by Gasteiger charge is -2.10. The highest BCUT2D eigenvalue weighted by molar-refractivity contribution is 8.00. The lowest BCUT2D eigenvalue weighted by Crippen LogP contribution is -1.89. The topological polar surface area (TPSA) is 53.8 Å².